The molecule has 0 aliphatic carbocycles. The number of rotatable bonds is 4. The molecule has 0 spiro atoms. The van der Waals surface area contributed by atoms with Gasteiger partial charge in [0.15, 0.2) is 0 Å². The standard InChI is InChI=1S/C29H30N4O4/c1-2-25(35)33-24-16-32-23(8-7-21(28(32)36)19-9-12-30-13-10-19)27(33)26(22(24)17-34)29(37)31-14-11-18-5-3-4-6-20(18)15-31/h3-10,12-13,22,24,26-27,34H,2,11,14-17H2,1H3/t22-,24-,26+,27+/m1/s1. The molecule has 2 aromatic heterocycles. The van der Waals surface area contributed by atoms with E-state index < -0.39 is 23.9 Å². The van der Waals surface area contributed by atoms with Crippen molar-refractivity contribution in [3.8, 4) is 11.1 Å². The maximum absolute atomic E-state index is 14.1. The molecule has 2 bridgehead atoms. The molecule has 8 heteroatoms. The number of aliphatic hydroxyl groups excluding tert-OH is 1. The van der Waals surface area contributed by atoms with Crippen LogP contribution >= 0.6 is 0 Å². The Morgan fingerprint density at radius 1 is 1.05 bits per heavy atom. The number of aliphatic hydroxyl groups is 1. The Balaban J connectivity index is 1.43. The van der Waals surface area contributed by atoms with Gasteiger partial charge in [-0.25, -0.2) is 0 Å². The highest BCUT2D eigenvalue weighted by molar-refractivity contribution is 5.84. The summed E-state index contributed by atoms with van der Waals surface area (Å²) in [6.45, 7) is 2.94. The van der Waals surface area contributed by atoms with Crippen molar-refractivity contribution < 1.29 is 14.7 Å². The molecule has 1 aromatic carbocycles. The van der Waals surface area contributed by atoms with Crippen LogP contribution in [0.1, 0.15) is 36.2 Å². The summed E-state index contributed by atoms with van der Waals surface area (Å²) in [6, 6.07) is 14.4. The van der Waals surface area contributed by atoms with E-state index in [9.17, 15) is 19.5 Å². The minimum atomic E-state index is -0.615. The first-order chi connectivity index (χ1) is 18.0. The van der Waals surface area contributed by atoms with Gasteiger partial charge in [0.2, 0.25) is 11.8 Å². The van der Waals surface area contributed by atoms with Crippen LogP contribution in [0.2, 0.25) is 0 Å². The van der Waals surface area contributed by atoms with Gasteiger partial charge in [-0.1, -0.05) is 31.2 Å². The summed E-state index contributed by atoms with van der Waals surface area (Å²) in [6.07, 6.45) is 4.37. The molecule has 1 N–H and O–H groups in total. The lowest BCUT2D eigenvalue weighted by atomic mass is 9.85. The second-order valence-electron chi connectivity index (χ2n) is 10.1. The normalized spacial score (nSPS) is 23.9. The smallest absolute Gasteiger partial charge is 0.258 e. The zero-order valence-corrected chi connectivity index (χ0v) is 20.8. The molecular weight excluding hydrogens is 468 g/mol. The van der Waals surface area contributed by atoms with Crippen molar-refractivity contribution >= 4 is 11.8 Å². The van der Waals surface area contributed by atoms with E-state index in [0.717, 1.165) is 17.5 Å². The predicted octanol–water partition coefficient (Wildman–Crippen LogP) is 2.40. The van der Waals surface area contributed by atoms with Gasteiger partial charge in [0.05, 0.1) is 18.0 Å². The maximum Gasteiger partial charge on any atom is 0.258 e. The van der Waals surface area contributed by atoms with Crippen LogP contribution in [0.25, 0.3) is 11.1 Å². The Bertz CT molecular complexity index is 1420. The lowest BCUT2D eigenvalue weighted by Crippen LogP contribution is -2.49. The fraction of sp³-hybridized carbons (Fsp3) is 0.379. The molecule has 2 amide bonds. The summed E-state index contributed by atoms with van der Waals surface area (Å²) in [5.41, 5.74) is 4.21. The van der Waals surface area contributed by atoms with Crippen molar-refractivity contribution in [1.29, 1.82) is 0 Å². The van der Waals surface area contributed by atoms with E-state index in [1.807, 2.05) is 36.1 Å². The van der Waals surface area contributed by atoms with E-state index in [1.165, 1.54) is 5.56 Å². The number of carbonyl (C=O) groups is 2. The van der Waals surface area contributed by atoms with Gasteiger partial charge >= 0.3 is 0 Å². The molecule has 5 heterocycles. The Morgan fingerprint density at radius 2 is 1.81 bits per heavy atom. The maximum atomic E-state index is 14.1. The minimum Gasteiger partial charge on any atom is -0.396 e. The van der Waals surface area contributed by atoms with Crippen molar-refractivity contribution in [2.45, 2.75) is 44.9 Å². The van der Waals surface area contributed by atoms with Crippen LogP contribution in [-0.2, 0) is 29.1 Å². The molecule has 8 nitrogen and oxygen atoms in total. The van der Waals surface area contributed by atoms with E-state index in [0.29, 0.717) is 30.8 Å². The van der Waals surface area contributed by atoms with E-state index in [-0.39, 0.29) is 30.5 Å². The molecule has 3 aliphatic heterocycles. The first kappa shape index (κ1) is 23.6. The van der Waals surface area contributed by atoms with E-state index >= 15 is 0 Å². The van der Waals surface area contributed by atoms with Gasteiger partial charge < -0.3 is 19.5 Å². The lowest BCUT2D eigenvalue weighted by molar-refractivity contribution is -0.140. The van der Waals surface area contributed by atoms with E-state index in [2.05, 4.69) is 11.1 Å². The number of fused-ring (bicyclic) bond motifs is 5. The molecule has 3 aromatic rings. The van der Waals surface area contributed by atoms with Gasteiger partial charge in [-0.05, 0) is 47.4 Å². The fourth-order valence-electron chi connectivity index (χ4n) is 6.56. The van der Waals surface area contributed by atoms with Crippen molar-refractivity contribution in [2.24, 2.45) is 11.8 Å². The summed E-state index contributed by atoms with van der Waals surface area (Å²) in [4.78, 5) is 48.7. The molecule has 3 aliphatic rings. The Kier molecular flexibility index (Phi) is 5.91. The summed E-state index contributed by atoms with van der Waals surface area (Å²) in [5.74, 6) is -1.19. The zero-order chi connectivity index (χ0) is 25.7. The van der Waals surface area contributed by atoms with Gasteiger partial charge in [-0.3, -0.25) is 19.4 Å². The van der Waals surface area contributed by atoms with Crippen molar-refractivity contribution in [3.05, 3.63) is 88.1 Å². The Morgan fingerprint density at radius 3 is 2.54 bits per heavy atom. The summed E-state index contributed by atoms with van der Waals surface area (Å²) < 4.78 is 1.71. The van der Waals surface area contributed by atoms with Gasteiger partial charge in [0.1, 0.15) is 0 Å². The highest BCUT2D eigenvalue weighted by atomic mass is 16.3. The topological polar surface area (TPSA) is 95.7 Å². The molecule has 6 rings (SSSR count). The fourth-order valence-corrected chi connectivity index (χ4v) is 6.56. The molecule has 0 saturated carbocycles. The second-order valence-corrected chi connectivity index (χ2v) is 10.1. The highest BCUT2D eigenvalue weighted by Gasteiger charge is 2.57. The van der Waals surface area contributed by atoms with Crippen LogP contribution in [0.5, 0.6) is 0 Å². The van der Waals surface area contributed by atoms with Crippen molar-refractivity contribution in [2.75, 3.05) is 13.2 Å². The lowest BCUT2D eigenvalue weighted by Gasteiger charge is -2.39. The van der Waals surface area contributed by atoms with Crippen LogP contribution in [0.15, 0.2) is 65.7 Å². The highest BCUT2D eigenvalue weighted by Crippen LogP contribution is 2.49. The third-order valence-electron chi connectivity index (χ3n) is 8.35. The Hall–Kier alpha value is -3.78. The number of amides is 2. The second kappa shape index (κ2) is 9.27. The number of carbonyl (C=O) groups excluding carboxylic acids is 2. The first-order valence-corrected chi connectivity index (χ1v) is 12.9. The van der Waals surface area contributed by atoms with Crippen LogP contribution in [0.4, 0.5) is 0 Å². The van der Waals surface area contributed by atoms with Gasteiger partial charge in [-0.15, -0.1) is 0 Å². The minimum absolute atomic E-state index is 0.0611. The van der Waals surface area contributed by atoms with Crippen molar-refractivity contribution in [3.63, 3.8) is 0 Å². The number of pyridine rings is 2. The number of hydrogen-bond acceptors (Lipinski definition) is 5. The van der Waals surface area contributed by atoms with Gasteiger partial charge in [0.25, 0.3) is 5.56 Å². The van der Waals surface area contributed by atoms with E-state index in [1.54, 1.807) is 40.1 Å². The molecule has 4 atom stereocenters. The number of benzene rings is 1. The quantitative estimate of drug-likeness (QED) is 0.596. The Labute approximate surface area is 215 Å². The average molecular weight is 499 g/mol. The largest absolute Gasteiger partial charge is 0.396 e. The first-order valence-electron chi connectivity index (χ1n) is 12.9. The van der Waals surface area contributed by atoms with Crippen LogP contribution in [0.3, 0.4) is 0 Å². The molecular formula is C29H30N4O4. The van der Waals surface area contributed by atoms with Crippen LogP contribution in [0, 0.1) is 11.8 Å². The number of nitrogens with zero attached hydrogens (tertiary/aromatic N) is 4. The third-order valence-corrected chi connectivity index (χ3v) is 8.35. The van der Waals surface area contributed by atoms with Crippen LogP contribution in [-0.4, -0.2) is 55.5 Å². The van der Waals surface area contributed by atoms with E-state index in [4.69, 9.17) is 0 Å². The van der Waals surface area contributed by atoms with Gasteiger partial charge in [-0.2, -0.15) is 0 Å². The summed E-state index contributed by atoms with van der Waals surface area (Å²) >= 11 is 0. The van der Waals surface area contributed by atoms with Crippen molar-refractivity contribution in [1.82, 2.24) is 19.4 Å². The number of hydrogen-bond donors (Lipinski definition) is 1. The monoisotopic (exact) mass is 498 g/mol. The molecule has 190 valence electrons. The summed E-state index contributed by atoms with van der Waals surface area (Å²) in [5, 5.41) is 10.5. The molecule has 1 saturated heterocycles. The zero-order valence-electron chi connectivity index (χ0n) is 20.8. The van der Waals surface area contributed by atoms with Crippen LogP contribution < -0.4 is 5.56 Å². The summed E-state index contributed by atoms with van der Waals surface area (Å²) in [7, 11) is 0. The SMILES string of the molecule is CCC(=O)N1[C@@H]2Cn3c(ccc(-c4ccncc4)c3=O)[C@H]1[C@@H](C(=O)N1CCc3ccccc3C1)[C@@H]2CO. The van der Waals surface area contributed by atoms with Gasteiger partial charge in [0, 0.05) is 62.2 Å². The number of aromatic nitrogens is 2. The molecule has 1 fully saturated rings. The predicted molar refractivity (Wildman–Crippen MR) is 137 cm³/mol. The molecule has 0 radical (unpaired) electrons. The molecule has 37 heavy (non-hydrogen) atoms. The average Bonchev–Trinajstić information content (AvgIpc) is 3.19. The third kappa shape index (κ3) is 3.70. The molecule has 0 unspecified atom stereocenters.